The number of benzene rings is 1. The van der Waals surface area contributed by atoms with E-state index in [2.05, 4.69) is 20.5 Å². The van der Waals surface area contributed by atoms with E-state index in [0.29, 0.717) is 47.5 Å². The van der Waals surface area contributed by atoms with Gasteiger partial charge in [-0.3, -0.25) is 4.98 Å². The minimum absolute atomic E-state index is 0.0872. The van der Waals surface area contributed by atoms with Gasteiger partial charge >= 0.3 is 5.97 Å². The number of carboxylic acids is 1. The van der Waals surface area contributed by atoms with Gasteiger partial charge in [-0.05, 0) is 42.3 Å². The molecule has 0 radical (unpaired) electrons. The van der Waals surface area contributed by atoms with Crippen molar-refractivity contribution in [1.82, 2.24) is 25.1 Å². The van der Waals surface area contributed by atoms with Crippen molar-refractivity contribution < 1.29 is 15.0 Å². The van der Waals surface area contributed by atoms with E-state index >= 15 is 0 Å². The van der Waals surface area contributed by atoms with Gasteiger partial charge in [0.15, 0.2) is 0 Å². The molecule has 0 spiro atoms. The highest BCUT2D eigenvalue weighted by atomic mass is 35.5. The predicted octanol–water partition coefficient (Wildman–Crippen LogP) is 2.70. The lowest BCUT2D eigenvalue weighted by atomic mass is 10.1. The summed E-state index contributed by atoms with van der Waals surface area (Å²) in [6, 6.07) is 8.26. The number of aliphatic hydroxyl groups is 1. The predicted molar refractivity (Wildman–Crippen MR) is 108 cm³/mol. The van der Waals surface area contributed by atoms with Crippen LogP contribution in [0.15, 0.2) is 36.7 Å². The van der Waals surface area contributed by atoms with Crippen LogP contribution in [0.5, 0.6) is 0 Å². The number of nitrogens with one attached hydrogen (secondary N) is 1. The van der Waals surface area contributed by atoms with Gasteiger partial charge in [0.1, 0.15) is 12.2 Å². The fourth-order valence-corrected chi connectivity index (χ4v) is 3.43. The van der Waals surface area contributed by atoms with E-state index in [0.717, 1.165) is 11.4 Å². The number of aliphatic hydroxyl groups excluding tert-OH is 1. The Morgan fingerprint density at radius 1 is 1.07 bits per heavy atom. The number of pyridine rings is 1. The highest BCUT2D eigenvalue weighted by molar-refractivity contribution is 6.34. The van der Waals surface area contributed by atoms with Gasteiger partial charge in [-0.15, -0.1) is 10.2 Å². The van der Waals surface area contributed by atoms with Crippen LogP contribution in [-0.4, -0.2) is 35.9 Å². The molecule has 0 aliphatic carbocycles. The molecule has 0 saturated heterocycles. The highest BCUT2D eigenvalue weighted by Gasteiger charge is 2.09. The van der Waals surface area contributed by atoms with Crippen LogP contribution in [0, 0.1) is 0 Å². The summed E-state index contributed by atoms with van der Waals surface area (Å²) in [5.41, 5.74) is 1.93. The van der Waals surface area contributed by atoms with Crippen LogP contribution in [-0.2, 0) is 32.7 Å². The van der Waals surface area contributed by atoms with Crippen LogP contribution in [0.4, 0.5) is 0 Å². The third kappa shape index (κ3) is 5.98. The lowest BCUT2D eigenvalue weighted by molar-refractivity contribution is 0.0696. The molecule has 0 aliphatic heterocycles. The third-order valence-electron chi connectivity index (χ3n) is 4.19. The van der Waals surface area contributed by atoms with Crippen molar-refractivity contribution in [2.75, 3.05) is 0 Å². The Morgan fingerprint density at radius 3 is 2.48 bits per heavy atom. The van der Waals surface area contributed by atoms with Crippen molar-refractivity contribution >= 4 is 29.2 Å². The minimum atomic E-state index is -1.07. The second kappa shape index (κ2) is 9.80. The zero-order valence-electron chi connectivity index (χ0n) is 15.3. The van der Waals surface area contributed by atoms with E-state index in [1.54, 1.807) is 12.4 Å². The normalized spacial score (nSPS) is 11.0. The van der Waals surface area contributed by atoms with Crippen molar-refractivity contribution in [2.45, 2.75) is 32.7 Å². The van der Waals surface area contributed by atoms with Gasteiger partial charge in [0.25, 0.3) is 0 Å². The zero-order chi connectivity index (χ0) is 20.8. The first kappa shape index (κ1) is 21.2. The molecule has 29 heavy (non-hydrogen) atoms. The van der Waals surface area contributed by atoms with Gasteiger partial charge in [0, 0.05) is 23.1 Å². The maximum absolute atomic E-state index is 11.2. The first-order valence-electron chi connectivity index (χ1n) is 8.81. The third-order valence-corrected chi connectivity index (χ3v) is 4.63. The van der Waals surface area contributed by atoms with Crippen molar-refractivity contribution in [1.29, 1.82) is 0 Å². The molecule has 0 amide bonds. The molecule has 0 saturated carbocycles. The molecular formula is C19H19Cl2N5O3. The molecule has 3 rings (SSSR count). The topological polar surface area (TPSA) is 113 Å². The monoisotopic (exact) mass is 435 g/mol. The number of carbonyl (C=O) groups is 1. The van der Waals surface area contributed by atoms with Crippen LogP contribution in [0.3, 0.4) is 0 Å². The standard InChI is InChI=1S/C19H19Cl2N5O3/c20-14-3-12(4-15(21)7-14)1-2-26-11-23-25-18(26)9-22-8-16-5-13(19(28)29)6-17(10-27)24-16/h3-7,11,22,27H,1-2,8-10H2,(H,28,29). The fraction of sp³-hybridized carbons (Fsp3) is 0.263. The van der Waals surface area contributed by atoms with Crippen molar-refractivity contribution in [3.8, 4) is 0 Å². The largest absolute Gasteiger partial charge is 0.478 e. The average molecular weight is 436 g/mol. The Morgan fingerprint density at radius 2 is 1.79 bits per heavy atom. The van der Waals surface area contributed by atoms with Gasteiger partial charge in [0.05, 0.1) is 30.1 Å². The van der Waals surface area contributed by atoms with Gasteiger partial charge < -0.3 is 20.1 Å². The first-order chi connectivity index (χ1) is 13.9. The summed E-state index contributed by atoms with van der Waals surface area (Å²) in [5.74, 6) is -0.334. The summed E-state index contributed by atoms with van der Waals surface area (Å²) < 4.78 is 1.92. The molecule has 0 fully saturated rings. The molecule has 2 aromatic heterocycles. The van der Waals surface area contributed by atoms with E-state index in [4.69, 9.17) is 28.3 Å². The van der Waals surface area contributed by atoms with E-state index < -0.39 is 5.97 Å². The summed E-state index contributed by atoms with van der Waals surface area (Å²) in [4.78, 5) is 15.4. The highest BCUT2D eigenvalue weighted by Crippen LogP contribution is 2.19. The van der Waals surface area contributed by atoms with Gasteiger partial charge in [0.2, 0.25) is 0 Å². The number of hydrogen-bond donors (Lipinski definition) is 3. The Hall–Kier alpha value is -2.52. The SMILES string of the molecule is O=C(O)c1cc(CO)nc(CNCc2nncn2CCc2cc(Cl)cc(Cl)c2)c1. The van der Waals surface area contributed by atoms with Crippen LogP contribution in [0.2, 0.25) is 10.0 Å². The van der Waals surface area contributed by atoms with E-state index in [9.17, 15) is 9.90 Å². The Balaban J connectivity index is 1.59. The van der Waals surface area contributed by atoms with Gasteiger partial charge in [-0.1, -0.05) is 23.2 Å². The molecule has 1 aromatic carbocycles. The molecule has 3 aromatic rings. The van der Waals surface area contributed by atoms with E-state index in [-0.39, 0.29) is 12.2 Å². The van der Waals surface area contributed by atoms with Crippen molar-refractivity contribution in [3.63, 3.8) is 0 Å². The maximum atomic E-state index is 11.2. The molecule has 10 heteroatoms. The molecule has 3 N–H and O–H groups in total. The van der Waals surface area contributed by atoms with Crippen molar-refractivity contribution in [2.24, 2.45) is 0 Å². The second-order valence-corrected chi connectivity index (χ2v) is 7.25. The number of rotatable bonds is 9. The summed E-state index contributed by atoms with van der Waals surface area (Å²) in [5, 5.41) is 30.9. The molecule has 0 bridgehead atoms. The number of nitrogens with zero attached hydrogens (tertiary/aromatic N) is 4. The fourth-order valence-electron chi connectivity index (χ4n) is 2.85. The zero-order valence-corrected chi connectivity index (χ0v) is 16.9. The number of aromatic nitrogens is 4. The van der Waals surface area contributed by atoms with E-state index in [1.807, 2.05) is 16.7 Å². The quantitative estimate of drug-likeness (QED) is 0.473. The number of aromatic carboxylic acids is 1. The molecule has 152 valence electrons. The number of carboxylic acid groups (broad SMARTS) is 1. The second-order valence-electron chi connectivity index (χ2n) is 6.37. The van der Waals surface area contributed by atoms with Crippen LogP contribution >= 0.6 is 23.2 Å². The van der Waals surface area contributed by atoms with Gasteiger partial charge in [-0.25, -0.2) is 4.79 Å². The summed E-state index contributed by atoms with van der Waals surface area (Å²) in [7, 11) is 0. The lowest BCUT2D eigenvalue weighted by Gasteiger charge is -2.09. The minimum Gasteiger partial charge on any atom is -0.478 e. The lowest BCUT2D eigenvalue weighted by Crippen LogP contribution is -2.18. The molecule has 0 aliphatic rings. The van der Waals surface area contributed by atoms with Gasteiger partial charge in [-0.2, -0.15) is 0 Å². The average Bonchev–Trinajstić information content (AvgIpc) is 3.12. The molecule has 0 atom stereocenters. The smallest absolute Gasteiger partial charge is 0.335 e. The summed E-state index contributed by atoms with van der Waals surface area (Å²) in [6.45, 7) is 1.08. The summed E-state index contributed by atoms with van der Waals surface area (Å²) >= 11 is 12.1. The van der Waals surface area contributed by atoms with Crippen LogP contribution in [0.1, 0.15) is 33.1 Å². The maximum Gasteiger partial charge on any atom is 0.335 e. The Kier molecular flexibility index (Phi) is 7.16. The molecular weight excluding hydrogens is 417 g/mol. The molecule has 0 unspecified atom stereocenters. The van der Waals surface area contributed by atoms with E-state index in [1.165, 1.54) is 12.1 Å². The van der Waals surface area contributed by atoms with Crippen LogP contribution in [0.25, 0.3) is 0 Å². The first-order valence-corrected chi connectivity index (χ1v) is 9.56. The number of hydrogen-bond acceptors (Lipinski definition) is 6. The Labute approximate surface area is 177 Å². The number of halogens is 2. The number of aryl methyl sites for hydroxylation is 2. The summed E-state index contributed by atoms with van der Waals surface area (Å²) in [6.07, 6.45) is 2.36. The molecule has 2 heterocycles. The molecule has 8 nitrogen and oxygen atoms in total. The van der Waals surface area contributed by atoms with Crippen molar-refractivity contribution in [3.05, 3.63) is 75.0 Å². The Bertz CT molecular complexity index is 989. The van der Waals surface area contributed by atoms with Crippen LogP contribution < -0.4 is 5.32 Å².